The van der Waals surface area contributed by atoms with Gasteiger partial charge in [-0.05, 0) is 34.5 Å². The Balaban J connectivity index is 2.80. The molecule has 0 saturated carbocycles. The molecule has 0 amide bonds. The molecule has 0 aliphatic heterocycles. The van der Waals surface area contributed by atoms with Crippen LogP contribution < -0.4 is 10.6 Å². The van der Waals surface area contributed by atoms with E-state index >= 15 is 0 Å². The van der Waals surface area contributed by atoms with E-state index in [-0.39, 0.29) is 5.92 Å². The van der Waals surface area contributed by atoms with Crippen LogP contribution in [0.4, 0.5) is 5.82 Å². The second-order valence-corrected chi connectivity index (χ2v) is 5.33. The van der Waals surface area contributed by atoms with Gasteiger partial charge in [-0.3, -0.25) is 0 Å². The lowest BCUT2D eigenvalue weighted by molar-refractivity contribution is 0.734. The Morgan fingerprint density at radius 3 is 2.81 bits per heavy atom. The third-order valence-electron chi connectivity index (χ3n) is 2.35. The summed E-state index contributed by atoms with van der Waals surface area (Å²) in [5.74, 6) is 1.09. The third kappa shape index (κ3) is 3.42. The molecule has 1 aromatic rings. The Morgan fingerprint density at radius 2 is 2.31 bits per heavy atom. The second-order valence-electron chi connectivity index (χ2n) is 4.00. The predicted molar refractivity (Wildman–Crippen MR) is 75.9 cm³/mol. The van der Waals surface area contributed by atoms with Crippen LogP contribution in [0, 0.1) is 12.8 Å². The second kappa shape index (κ2) is 5.59. The molecule has 0 aliphatic rings. The summed E-state index contributed by atoms with van der Waals surface area (Å²) in [6.07, 6.45) is 1.85. The molecule has 3 nitrogen and oxygen atoms in total. The molecule has 88 valence electrons. The number of aryl methyl sites for hydroxylation is 1. The number of thiocarbonyl (C=S) groups is 1. The number of hydrogen-bond donors (Lipinski definition) is 1. The van der Waals surface area contributed by atoms with Crippen LogP contribution in [0.3, 0.4) is 0 Å². The van der Waals surface area contributed by atoms with E-state index in [0.717, 1.165) is 22.4 Å². The summed E-state index contributed by atoms with van der Waals surface area (Å²) < 4.78 is 0.991. The molecule has 0 fully saturated rings. The average molecular weight is 302 g/mol. The molecule has 16 heavy (non-hydrogen) atoms. The molecular weight excluding hydrogens is 286 g/mol. The summed E-state index contributed by atoms with van der Waals surface area (Å²) >= 11 is 8.47. The molecule has 2 N–H and O–H groups in total. The van der Waals surface area contributed by atoms with E-state index in [9.17, 15) is 0 Å². The van der Waals surface area contributed by atoms with Gasteiger partial charge >= 0.3 is 0 Å². The molecule has 0 aliphatic carbocycles. The van der Waals surface area contributed by atoms with Gasteiger partial charge in [0.05, 0.1) is 9.46 Å². The van der Waals surface area contributed by atoms with Gasteiger partial charge in [-0.15, -0.1) is 0 Å². The maximum Gasteiger partial charge on any atom is 0.142 e. The van der Waals surface area contributed by atoms with Gasteiger partial charge in [-0.1, -0.05) is 19.1 Å². The van der Waals surface area contributed by atoms with Crippen LogP contribution >= 0.6 is 28.1 Å². The van der Waals surface area contributed by atoms with Crippen LogP contribution in [0.2, 0.25) is 0 Å². The van der Waals surface area contributed by atoms with Gasteiger partial charge in [0.25, 0.3) is 0 Å². The number of rotatable bonds is 4. The number of anilines is 1. The summed E-state index contributed by atoms with van der Waals surface area (Å²) in [6.45, 7) is 4.80. The zero-order valence-electron chi connectivity index (χ0n) is 9.70. The zero-order valence-corrected chi connectivity index (χ0v) is 12.1. The first kappa shape index (κ1) is 13.4. The van der Waals surface area contributed by atoms with E-state index in [0.29, 0.717) is 4.99 Å². The Morgan fingerprint density at radius 1 is 1.69 bits per heavy atom. The fourth-order valence-electron chi connectivity index (χ4n) is 1.39. The first-order chi connectivity index (χ1) is 7.41. The molecule has 5 heteroatoms. The fourth-order valence-corrected chi connectivity index (χ4v) is 2.24. The van der Waals surface area contributed by atoms with Crippen molar-refractivity contribution < 1.29 is 0 Å². The Bertz CT molecular complexity index is 395. The van der Waals surface area contributed by atoms with Gasteiger partial charge in [0.15, 0.2) is 0 Å². The third-order valence-corrected chi connectivity index (χ3v) is 3.34. The van der Waals surface area contributed by atoms with E-state index in [2.05, 4.69) is 20.9 Å². The highest BCUT2D eigenvalue weighted by atomic mass is 79.9. The van der Waals surface area contributed by atoms with Crippen molar-refractivity contribution in [3.63, 3.8) is 0 Å². The van der Waals surface area contributed by atoms with Crippen LogP contribution in [0.5, 0.6) is 0 Å². The van der Waals surface area contributed by atoms with Gasteiger partial charge in [0.2, 0.25) is 0 Å². The van der Waals surface area contributed by atoms with E-state index in [1.54, 1.807) is 0 Å². The summed E-state index contributed by atoms with van der Waals surface area (Å²) in [7, 11) is 1.98. The average Bonchev–Trinajstić information content (AvgIpc) is 2.16. The maximum atomic E-state index is 5.60. The zero-order chi connectivity index (χ0) is 12.3. The fraction of sp³-hybridized carbons (Fsp3) is 0.455. The smallest absolute Gasteiger partial charge is 0.142 e. The summed E-state index contributed by atoms with van der Waals surface area (Å²) in [4.78, 5) is 6.97. The molecule has 0 bridgehead atoms. The van der Waals surface area contributed by atoms with Crippen molar-refractivity contribution >= 4 is 39.0 Å². The highest BCUT2D eigenvalue weighted by molar-refractivity contribution is 9.10. The van der Waals surface area contributed by atoms with Crippen molar-refractivity contribution in [3.8, 4) is 0 Å². The highest BCUT2D eigenvalue weighted by Gasteiger charge is 2.12. The summed E-state index contributed by atoms with van der Waals surface area (Å²) in [6, 6.07) is 2.05. The maximum absolute atomic E-state index is 5.60. The molecule has 1 rings (SSSR count). The van der Waals surface area contributed by atoms with Gasteiger partial charge < -0.3 is 10.6 Å². The van der Waals surface area contributed by atoms with Gasteiger partial charge in [0.1, 0.15) is 5.82 Å². The van der Waals surface area contributed by atoms with Gasteiger partial charge in [-0.25, -0.2) is 4.98 Å². The quantitative estimate of drug-likeness (QED) is 0.868. The largest absolute Gasteiger partial charge is 0.393 e. The van der Waals surface area contributed by atoms with Crippen molar-refractivity contribution in [2.24, 2.45) is 11.7 Å². The van der Waals surface area contributed by atoms with E-state index < -0.39 is 0 Å². The van der Waals surface area contributed by atoms with Crippen LogP contribution in [-0.2, 0) is 0 Å². The Labute approximate surface area is 110 Å². The first-order valence-corrected chi connectivity index (χ1v) is 6.24. The van der Waals surface area contributed by atoms with Crippen LogP contribution in [0.25, 0.3) is 0 Å². The molecule has 0 radical (unpaired) electrons. The number of aromatic nitrogens is 1. The number of hydrogen-bond acceptors (Lipinski definition) is 3. The molecule has 1 unspecified atom stereocenters. The highest BCUT2D eigenvalue weighted by Crippen LogP contribution is 2.24. The minimum absolute atomic E-state index is 0.176. The minimum Gasteiger partial charge on any atom is -0.393 e. The van der Waals surface area contributed by atoms with Crippen molar-refractivity contribution in [3.05, 3.63) is 22.3 Å². The normalized spacial score (nSPS) is 12.2. The topological polar surface area (TPSA) is 42.2 Å². The lowest BCUT2D eigenvalue weighted by atomic mass is 10.1. The number of pyridine rings is 1. The first-order valence-electron chi connectivity index (χ1n) is 5.04. The Kier molecular flexibility index (Phi) is 4.68. The van der Waals surface area contributed by atoms with Crippen LogP contribution in [0.15, 0.2) is 16.7 Å². The van der Waals surface area contributed by atoms with Crippen molar-refractivity contribution in [1.82, 2.24) is 4.98 Å². The van der Waals surface area contributed by atoms with Gasteiger partial charge in [0, 0.05) is 25.7 Å². The number of nitrogens with zero attached hydrogens (tertiary/aromatic N) is 2. The molecular formula is C11H16BrN3S. The number of halogens is 1. The Hall–Kier alpha value is -0.680. The van der Waals surface area contributed by atoms with Crippen molar-refractivity contribution in [2.45, 2.75) is 13.8 Å². The van der Waals surface area contributed by atoms with Crippen molar-refractivity contribution in [2.75, 3.05) is 18.5 Å². The van der Waals surface area contributed by atoms with E-state index in [4.69, 9.17) is 18.0 Å². The SMILES string of the molecule is Cc1cnc(N(C)CC(C)C(N)=S)c(Br)c1. The minimum atomic E-state index is 0.176. The van der Waals surface area contributed by atoms with Gasteiger partial charge in [-0.2, -0.15) is 0 Å². The number of nitrogens with two attached hydrogens (primary N) is 1. The summed E-state index contributed by atoms with van der Waals surface area (Å²) in [5.41, 5.74) is 6.73. The van der Waals surface area contributed by atoms with E-state index in [1.807, 2.05) is 38.1 Å². The summed E-state index contributed by atoms with van der Waals surface area (Å²) in [5, 5.41) is 0. The molecule has 1 heterocycles. The van der Waals surface area contributed by atoms with Crippen LogP contribution in [0.1, 0.15) is 12.5 Å². The van der Waals surface area contributed by atoms with Crippen molar-refractivity contribution in [1.29, 1.82) is 0 Å². The standard InChI is InChI=1S/C11H16BrN3S/c1-7-4-9(12)11(14-5-7)15(3)6-8(2)10(13)16/h4-5,8H,6H2,1-3H3,(H2,13,16). The van der Waals surface area contributed by atoms with Crippen LogP contribution in [-0.4, -0.2) is 23.6 Å². The molecule has 0 spiro atoms. The predicted octanol–water partition coefficient (Wildman–Crippen LogP) is 2.51. The van der Waals surface area contributed by atoms with E-state index in [1.165, 1.54) is 0 Å². The lowest BCUT2D eigenvalue weighted by Gasteiger charge is -2.22. The molecule has 1 atom stereocenters. The molecule has 0 saturated heterocycles. The molecule has 1 aromatic heterocycles. The monoisotopic (exact) mass is 301 g/mol. The molecule has 0 aromatic carbocycles. The lowest BCUT2D eigenvalue weighted by Crippen LogP contribution is -2.32.